The number of hydrogen-bond donors (Lipinski definition) is 2. The molecule has 0 fully saturated rings. The van der Waals surface area contributed by atoms with Crippen LogP contribution in [0.4, 0.5) is 5.69 Å². The summed E-state index contributed by atoms with van der Waals surface area (Å²) in [4.78, 5) is 0. The maximum atomic E-state index is 9.33. The SMILES string of the molecule is OCC[n+]1c(/C=C/Nc2ccccc2)sc2ccc(Br)cc21. The number of rotatable bonds is 5. The molecular weight excluding hydrogens is 360 g/mol. The molecule has 0 spiro atoms. The van der Waals surface area contributed by atoms with Crippen LogP contribution in [0, 0.1) is 0 Å². The zero-order valence-corrected chi connectivity index (χ0v) is 14.3. The maximum Gasteiger partial charge on any atom is 0.264 e. The fourth-order valence-electron chi connectivity index (χ4n) is 2.27. The van der Waals surface area contributed by atoms with E-state index in [2.05, 4.69) is 37.9 Å². The van der Waals surface area contributed by atoms with Gasteiger partial charge in [0.25, 0.3) is 5.01 Å². The van der Waals surface area contributed by atoms with Crippen LogP contribution in [-0.4, -0.2) is 11.7 Å². The Morgan fingerprint density at radius 1 is 1.18 bits per heavy atom. The summed E-state index contributed by atoms with van der Waals surface area (Å²) in [5.74, 6) is 0. The van der Waals surface area contributed by atoms with Gasteiger partial charge in [-0.3, -0.25) is 0 Å². The largest absolute Gasteiger partial charge is 0.390 e. The van der Waals surface area contributed by atoms with E-state index < -0.39 is 0 Å². The third kappa shape index (κ3) is 3.38. The smallest absolute Gasteiger partial charge is 0.264 e. The molecule has 3 rings (SSSR count). The lowest BCUT2D eigenvalue weighted by molar-refractivity contribution is -0.670. The van der Waals surface area contributed by atoms with Crippen molar-refractivity contribution in [3.05, 3.63) is 64.2 Å². The zero-order valence-electron chi connectivity index (χ0n) is 11.9. The van der Waals surface area contributed by atoms with Gasteiger partial charge in [0.05, 0.1) is 0 Å². The van der Waals surface area contributed by atoms with Gasteiger partial charge < -0.3 is 10.4 Å². The Balaban J connectivity index is 1.90. The van der Waals surface area contributed by atoms with Crippen LogP contribution >= 0.6 is 27.3 Å². The van der Waals surface area contributed by atoms with Crippen LogP contribution in [-0.2, 0) is 6.54 Å². The first kappa shape index (κ1) is 15.2. The van der Waals surface area contributed by atoms with Crippen molar-refractivity contribution in [1.29, 1.82) is 0 Å². The fourth-order valence-corrected chi connectivity index (χ4v) is 3.69. The van der Waals surface area contributed by atoms with Gasteiger partial charge >= 0.3 is 0 Å². The number of para-hydroxylation sites is 1. The second-order valence-corrected chi connectivity index (χ2v) is 6.75. The zero-order chi connectivity index (χ0) is 15.4. The summed E-state index contributed by atoms with van der Waals surface area (Å²) in [7, 11) is 0. The minimum Gasteiger partial charge on any atom is -0.390 e. The van der Waals surface area contributed by atoms with Crippen molar-refractivity contribution in [2.24, 2.45) is 0 Å². The Labute approximate surface area is 141 Å². The van der Waals surface area contributed by atoms with E-state index in [4.69, 9.17) is 0 Å². The van der Waals surface area contributed by atoms with Crippen LogP contribution in [0.2, 0.25) is 0 Å². The summed E-state index contributed by atoms with van der Waals surface area (Å²) in [5.41, 5.74) is 2.18. The quantitative estimate of drug-likeness (QED) is 0.660. The summed E-state index contributed by atoms with van der Waals surface area (Å²) in [6.07, 6.45) is 3.98. The Hall–Kier alpha value is -1.69. The number of nitrogens with zero attached hydrogens (tertiary/aromatic N) is 1. The predicted molar refractivity (Wildman–Crippen MR) is 95.9 cm³/mol. The van der Waals surface area contributed by atoms with Crippen LogP contribution in [0.15, 0.2) is 59.2 Å². The van der Waals surface area contributed by atoms with Crippen molar-refractivity contribution in [2.45, 2.75) is 6.54 Å². The van der Waals surface area contributed by atoms with Gasteiger partial charge in [-0.2, -0.15) is 4.57 Å². The second kappa shape index (κ2) is 7.05. The number of aliphatic hydroxyl groups is 1. The standard InChI is InChI=1S/C17H15BrN2OS/c18-13-6-7-16-15(12-13)20(10-11-21)17(22-16)8-9-19-14-4-2-1-3-5-14/h1-9,12,21H,10-11H2/p+1. The second-order valence-electron chi connectivity index (χ2n) is 4.77. The molecule has 22 heavy (non-hydrogen) atoms. The van der Waals surface area contributed by atoms with Gasteiger partial charge in [-0.15, -0.1) is 0 Å². The number of thiazole rings is 1. The monoisotopic (exact) mass is 375 g/mol. The third-order valence-corrected chi connectivity index (χ3v) is 4.89. The highest BCUT2D eigenvalue weighted by Crippen LogP contribution is 2.24. The van der Waals surface area contributed by atoms with E-state index in [1.165, 1.54) is 4.70 Å². The summed E-state index contributed by atoms with van der Waals surface area (Å²) in [6, 6.07) is 16.3. The van der Waals surface area contributed by atoms with E-state index in [9.17, 15) is 5.11 Å². The summed E-state index contributed by atoms with van der Waals surface area (Å²) in [6.45, 7) is 0.706. The van der Waals surface area contributed by atoms with Crippen LogP contribution in [0.25, 0.3) is 16.3 Å². The van der Waals surface area contributed by atoms with E-state index >= 15 is 0 Å². The maximum absolute atomic E-state index is 9.33. The number of fused-ring (bicyclic) bond motifs is 1. The van der Waals surface area contributed by atoms with Gasteiger partial charge in [0.2, 0.25) is 5.52 Å². The van der Waals surface area contributed by atoms with E-state index in [1.807, 2.05) is 48.7 Å². The van der Waals surface area contributed by atoms with Gasteiger partial charge in [-0.1, -0.05) is 45.5 Å². The number of hydrogen-bond acceptors (Lipinski definition) is 3. The van der Waals surface area contributed by atoms with Gasteiger partial charge in [0.15, 0.2) is 6.54 Å². The number of nitrogens with one attached hydrogen (secondary N) is 1. The van der Waals surface area contributed by atoms with Crippen LogP contribution in [0.5, 0.6) is 0 Å². The molecular formula is C17H16BrN2OS+. The molecule has 0 unspecified atom stereocenters. The molecule has 1 heterocycles. The lowest BCUT2D eigenvalue weighted by Gasteiger charge is -1.98. The first-order valence-electron chi connectivity index (χ1n) is 6.99. The highest BCUT2D eigenvalue weighted by atomic mass is 79.9. The van der Waals surface area contributed by atoms with Crippen LogP contribution in [0.3, 0.4) is 0 Å². The summed E-state index contributed by atoms with van der Waals surface area (Å²) in [5, 5.41) is 13.7. The summed E-state index contributed by atoms with van der Waals surface area (Å²) < 4.78 is 4.38. The fraction of sp³-hybridized carbons (Fsp3) is 0.118. The van der Waals surface area contributed by atoms with Crippen molar-refractivity contribution in [3.8, 4) is 0 Å². The molecule has 0 aliphatic heterocycles. The number of halogens is 1. The first-order valence-corrected chi connectivity index (χ1v) is 8.60. The average molecular weight is 376 g/mol. The van der Waals surface area contributed by atoms with E-state index in [0.29, 0.717) is 6.54 Å². The highest BCUT2D eigenvalue weighted by molar-refractivity contribution is 9.10. The number of aromatic nitrogens is 1. The Bertz CT molecular complexity index is 799. The molecule has 0 saturated heterocycles. The van der Waals surface area contributed by atoms with Crippen molar-refractivity contribution >= 4 is 49.2 Å². The Kier molecular flexibility index (Phi) is 4.87. The number of aliphatic hydroxyl groups excluding tert-OH is 1. The molecule has 0 amide bonds. The molecule has 1 aromatic heterocycles. The predicted octanol–water partition coefficient (Wildman–Crippen LogP) is 4.03. The molecule has 0 radical (unpaired) electrons. The van der Waals surface area contributed by atoms with Crippen molar-refractivity contribution < 1.29 is 9.67 Å². The molecule has 2 aromatic carbocycles. The van der Waals surface area contributed by atoms with E-state index in [-0.39, 0.29) is 6.61 Å². The average Bonchev–Trinajstić information content (AvgIpc) is 2.86. The molecule has 5 heteroatoms. The minimum atomic E-state index is 0.121. The Morgan fingerprint density at radius 2 is 2.00 bits per heavy atom. The molecule has 0 saturated carbocycles. The van der Waals surface area contributed by atoms with Gasteiger partial charge in [0, 0.05) is 28.5 Å². The molecule has 0 atom stereocenters. The normalized spacial score (nSPS) is 11.4. The molecule has 112 valence electrons. The van der Waals surface area contributed by atoms with E-state index in [0.717, 1.165) is 20.7 Å². The molecule has 3 nitrogen and oxygen atoms in total. The number of anilines is 1. The van der Waals surface area contributed by atoms with Gasteiger partial charge in [-0.25, -0.2) is 0 Å². The minimum absolute atomic E-state index is 0.121. The van der Waals surface area contributed by atoms with Crippen molar-refractivity contribution in [3.63, 3.8) is 0 Å². The topological polar surface area (TPSA) is 36.1 Å². The van der Waals surface area contributed by atoms with Crippen molar-refractivity contribution in [1.82, 2.24) is 0 Å². The molecule has 0 bridgehead atoms. The van der Waals surface area contributed by atoms with Crippen LogP contribution < -0.4 is 9.88 Å². The number of benzene rings is 2. The van der Waals surface area contributed by atoms with Crippen molar-refractivity contribution in [2.75, 3.05) is 11.9 Å². The van der Waals surface area contributed by atoms with Gasteiger partial charge in [0.1, 0.15) is 11.3 Å². The molecule has 0 aliphatic rings. The third-order valence-electron chi connectivity index (χ3n) is 3.27. The Morgan fingerprint density at radius 3 is 2.77 bits per heavy atom. The highest BCUT2D eigenvalue weighted by Gasteiger charge is 2.18. The lowest BCUT2D eigenvalue weighted by Crippen LogP contribution is -2.36. The lowest BCUT2D eigenvalue weighted by atomic mass is 10.3. The summed E-state index contributed by atoms with van der Waals surface area (Å²) >= 11 is 5.22. The van der Waals surface area contributed by atoms with Gasteiger partial charge in [-0.05, 0) is 24.3 Å². The molecule has 2 N–H and O–H groups in total. The molecule has 0 aliphatic carbocycles. The van der Waals surface area contributed by atoms with Crippen LogP contribution in [0.1, 0.15) is 5.01 Å². The van der Waals surface area contributed by atoms with E-state index in [1.54, 1.807) is 11.3 Å². The molecule has 3 aromatic rings. The first-order chi connectivity index (χ1) is 10.8.